The Morgan fingerprint density at radius 2 is 2.05 bits per heavy atom. The number of methoxy groups -OCH3 is 1. The molecule has 1 aromatic rings. The van der Waals surface area contributed by atoms with E-state index in [4.69, 9.17) is 0 Å². The first-order chi connectivity index (χ1) is 8.84. The highest BCUT2D eigenvalue weighted by molar-refractivity contribution is 5.91. The number of aromatic nitrogens is 1. The van der Waals surface area contributed by atoms with Gasteiger partial charge >= 0.3 is 6.09 Å². The maximum atomic E-state index is 12.3. The topological polar surface area (TPSA) is 68.3 Å². The molecule has 19 heavy (non-hydrogen) atoms. The van der Waals surface area contributed by atoms with Crippen LogP contribution in [0.15, 0.2) is 24.4 Å². The van der Waals surface area contributed by atoms with Gasteiger partial charge in [-0.15, -0.1) is 0 Å². The zero-order chi connectivity index (χ0) is 14.5. The molecule has 1 amide bonds. The van der Waals surface area contributed by atoms with Crippen molar-refractivity contribution in [3.63, 3.8) is 0 Å². The fourth-order valence-electron chi connectivity index (χ4n) is 1.66. The van der Waals surface area contributed by atoms with E-state index in [-0.39, 0.29) is 5.78 Å². The number of nitrogens with one attached hydrogen (secondary N) is 1. The Balaban J connectivity index is 2.87. The molecular formula is C14H20N2O3. The molecule has 5 heteroatoms. The summed E-state index contributed by atoms with van der Waals surface area (Å²) in [6.45, 7) is 5.46. The number of alkyl carbamates (subject to hydrolysis) is 1. The summed E-state index contributed by atoms with van der Waals surface area (Å²) in [4.78, 5) is 27.8. The van der Waals surface area contributed by atoms with Gasteiger partial charge in [-0.2, -0.15) is 0 Å². The quantitative estimate of drug-likeness (QED) is 0.902. The molecule has 0 radical (unpaired) electrons. The molecule has 0 saturated heterocycles. The molecule has 1 aromatic heterocycles. The molecule has 0 aromatic carbocycles. The summed E-state index contributed by atoms with van der Waals surface area (Å²) < 4.78 is 4.56. The van der Waals surface area contributed by atoms with Crippen LogP contribution in [-0.2, 0) is 16.0 Å². The van der Waals surface area contributed by atoms with E-state index in [1.54, 1.807) is 12.3 Å². The lowest BCUT2D eigenvalue weighted by atomic mass is 9.85. The molecule has 0 aliphatic rings. The molecule has 0 fully saturated rings. The van der Waals surface area contributed by atoms with Gasteiger partial charge in [0.25, 0.3) is 0 Å². The number of hydrogen-bond donors (Lipinski definition) is 1. The lowest BCUT2D eigenvalue weighted by Gasteiger charge is -2.24. The second-order valence-electron chi connectivity index (χ2n) is 5.33. The van der Waals surface area contributed by atoms with Crippen LogP contribution in [0.1, 0.15) is 26.5 Å². The summed E-state index contributed by atoms with van der Waals surface area (Å²) in [6, 6.07) is 4.83. The Labute approximate surface area is 113 Å². The first-order valence-corrected chi connectivity index (χ1v) is 6.13. The van der Waals surface area contributed by atoms with E-state index in [1.807, 2.05) is 32.9 Å². The minimum Gasteiger partial charge on any atom is -0.453 e. The zero-order valence-corrected chi connectivity index (χ0v) is 11.8. The van der Waals surface area contributed by atoms with Crippen LogP contribution in [-0.4, -0.2) is 30.0 Å². The van der Waals surface area contributed by atoms with Crippen LogP contribution in [0.3, 0.4) is 0 Å². The van der Waals surface area contributed by atoms with Gasteiger partial charge in [-0.25, -0.2) is 4.79 Å². The molecule has 0 bridgehead atoms. The van der Waals surface area contributed by atoms with E-state index < -0.39 is 17.6 Å². The second-order valence-corrected chi connectivity index (χ2v) is 5.33. The van der Waals surface area contributed by atoms with Gasteiger partial charge < -0.3 is 10.1 Å². The monoisotopic (exact) mass is 264 g/mol. The summed E-state index contributed by atoms with van der Waals surface area (Å²) in [7, 11) is 1.27. The number of amides is 1. The maximum absolute atomic E-state index is 12.3. The molecule has 1 atom stereocenters. The molecule has 0 aliphatic carbocycles. The van der Waals surface area contributed by atoms with Crippen molar-refractivity contribution in [1.29, 1.82) is 0 Å². The molecule has 1 heterocycles. The Kier molecular flexibility index (Phi) is 5.03. The van der Waals surface area contributed by atoms with E-state index in [9.17, 15) is 9.59 Å². The van der Waals surface area contributed by atoms with E-state index >= 15 is 0 Å². The fourth-order valence-corrected chi connectivity index (χ4v) is 1.66. The third-order valence-corrected chi connectivity index (χ3v) is 2.67. The standard InChI is InChI=1S/C14H20N2O3/c1-14(2,3)12(17)11(16-13(18)19-4)9-10-7-5-6-8-15-10/h5-8,11H,9H2,1-4H3,(H,16,18)/t11-/m0/s1. The van der Waals surface area contributed by atoms with Crippen LogP contribution in [0.4, 0.5) is 4.79 Å². The smallest absolute Gasteiger partial charge is 0.407 e. The summed E-state index contributed by atoms with van der Waals surface area (Å²) in [5.41, 5.74) is 0.210. The number of pyridine rings is 1. The van der Waals surface area contributed by atoms with Crippen molar-refractivity contribution in [3.05, 3.63) is 30.1 Å². The summed E-state index contributed by atoms with van der Waals surface area (Å²) in [5.74, 6) is -0.0523. The highest BCUT2D eigenvalue weighted by Gasteiger charge is 2.31. The van der Waals surface area contributed by atoms with Crippen molar-refractivity contribution in [2.75, 3.05) is 7.11 Å². The minimum absolute atomic E-state index is 0.0523. The van der Waals surface area contributed by atoms with Gasteiger partial charge in [-0.05, 0) is 12.1 Å². The second kappa shape index (κ2) is 6.31. The minimum atomic E-state index is -0.637. The molecule has 1 rings (SSSR count). The van der Waals surface area contributed by atoms with Crippen LogP contribution in [0, 0.1) is 5.41 Å². The largest absolute Gasteiger partial charge is 0.453 e. The van der Waals surface area contributed by atoms with Crippen molar-refractivity contribution in [2.24, 2.45) is 5.41 Å². The van der Waals surface area contributed by atoms with Crippen molar-refractivity contribution in [1.82, 2.24) is 10.3 Å². The summed E-state index contributed by atoms with van der Waals surface area (Å²) >= 11 is 0. The van der Waals surface area contributed by atoms with Crippen LogP contribution in [0.2, 0.25) is 0 Å². The van der Waals surface area contributed by atoms with Gasteiger partial charge in [0.15, 0.2) is 5.78 Å². The molecular weight excluding hydrogens is 244 g/mol. The average Bonchev–Trinajstić information content (AvgIpc) is 2.37. The van der Waals surface area contributed by atoms with Crippen molar-refractivity contribution in [3.8, 4) is 0 Å². The van der Waals surface area contributed by atoms with E-state index in [0.29, 0.717) is 6.42 Å². The molecule has 0 aliphatic heterocycles. The molecule has 1 N–H and O–H groups in total. The third kappa shape index (κ3) is 4.69. The van der Waals surface area contributed by atoms with E-state index in [2.05, 4.69) is 15.0 Å². The number of carbonyl (C=O) groups excluding carboxylic acids is 2. The van der Waals surface area contributed by atoms with Gasteiger partial charge in [0.2, 0.25) is 0 Å². The van der Waals surface area contributed by atoms with Gasteiger partial charge in [0.1, 0.15) is 0 Å². The van der Waals surface area contributed by atoms with Gasteiger partial charge in [0, 0.05) is 23.7 Å². The molecule has 0 saturated carbocycles. The number of hydrogen-bond acceptors (Lipinski definition) is 4. The third-order valence-electron chi connectivity index (χ3n) is 2.67. The average molecular weight is 264 g/mol. The number of Topliss-reactive ketones (excluding diaryl/α,β-unsaturated/α-hetero) is 1. The van der Waals surface area contributed by atoms with Gasteiger partial charge in [-0.1, -0.05) is 26.8 Å². The number of ketones is 1. The summed E-state index contributed by atoms with van der Waals surface area (Å²) in [6.07, 6.45) is 1.40. The Hall–Kier alpha value is -1.91. The first kappa shape index (κ1) is 15.1. The van der Waals surface area contributed by atoms with E-state index in [1.165, 1.54) is 7.11 Å². The molecule has 5 nitrogen and oxygen atoms in total. The SMILES string of the molecule is COC(=O)N[C@@H](Cc1ccccn1)C(=O)C(C)(C)C. The molecule has 104 valence electrons. The highest BCUT2D eigenvalue weighted by atomic mass is 16.5. The van der Waals surface area contributed by atoms with Crippen LogP contribution in [0.25, 0.3) is 0 Å². The van der Waals surface area contributed by atoms with Crippen LogP contribution >= 0.6 is 0 Å². The van der Waals surface area contributed by atoms with Gasteiger partial charge in [-0.3, -0.25) is 9.78 Å². The van der Waals surface area contributed by atoms with E-state index in [0.717, 1.165) is 5.69 Å². The zero-order valence-electron chi connectivity index (χ0n) is 11.8. The maximum Gasteiger partial charge on any atom is 0.407 e. The predicted octanol–water partition coefficient (Wildman–Crippen LogP) is 1.96. The number of carbonyl (C=O) groups is 2. The highest BCUT2D eigenvalue weighted by Crippen LogP contribution is 2.18. The molecule has 0 spiro atoms. The number of nitrogens with zero attached hydrogens (tertiary/aromatic N) is 1. The first-order valence-electron chi connectivity index (χ1n) is 6.13. The number of rotatable bonds is 4. The van der Waals surface area contributed by atoms with Crippen molar-refractivity contribution in [2.45, 2.75) is 33.2 Å². The molecule has 0 unspecified atom stereocenters. The Bertz CT molecular complexity index is 438. The Morgan fingerprint density at radius 3 is 2.53 bits per heavy atom. The predicted molar refractivity (Wildman–Crippen MR) is 71.7 cm³/mol. The lowest BCUT2D eigenvalue weighted by molar-refractivity contribution is -0.128. The van der Waals surface area contributed by atoms with Crippen LogP contribution in [0.5, 0.6) is 0 Å². The lowest BCUT2D eigenvalue weighted by Crippen LogP contribution is -2.47. The fraction of sp³-hybridized carbons (Fsp3) is 0.500. The number of ether oxygens (including phenoxy) is 1. The summed E-state index contributed by atoms with van der Waals surface area (Å²) in [5, 5.41) is 2.57. The van der Waals surface area contributed by atoms with Crippen molar-refractivity contribution >= 4 is 11.9 Å². The van der Waals surface area contributed by atoms with Gasteiger partial charge in [0.05, 0.1) is 13.2 Å². The van der Waals surface area contributed by atoms with Crippen LogP contribution < -0.4 is 5.32 Å². The van der Waals surface area contributed by atoms with Crippen molar-refractivity contribution < 1.29 is 14.3 Å². The Morgan fingerprint density at radius 1 is 1.37 bits per heavy atom. The normalized spacial score (nSPS) is 12.6.